The van der Waals surface area contributed by atoms with Crippen molar-refractivity contribution >= 4 is 23.3 Å². The summed E-state index contributed by atoms with van der Waals surface area (Å²) in [6.45, 7) is 5.22. The molecule has 2 aromatic heterocycles. The van der Waals surface area contributed by atoms with Crippen molar-refractivity contribution in [2.75, 3.05) is 5.73 Å². The predicted octanol–water partition coefficient (Wildman–Crippen LogP) is 2.58. The van der Waals surface area contributed by atoms with E-state index in [9.17, 15) is 10.1 Å². The fourth-order valence-corrected chi connectivity index (χ4v) is 2.89. The Morgan fingerprint density at radius 3 is 2.67 bits per heavy atom. The molecule has 0 spiro atoms. The van der Waals surface area contributed by atoms with Gasteiger partial charge in [0.25, 0.3) is 5.69 Å². The van der Waals surface area contributed by atoms with Crippen molar-refractivity contribution in [2.24, 2.45) is 0 Å². The van der Waals surface area contributed by atoms with Gasteiger partial charge >= 0.3 is 0 Å². The zero-order valence-corrected chi connectivity index (χ0v) is 12.8. The number of rotatable bonds is 4. The van der Waals surface area contributed by atoms with Gasteiger partial charge in [0.05, 0.1) is 10.6 Å². The highest BCUT2D eigenvalue weighted by Crippen LogP contribution is 2.28. The van der Waals surface area contributed by atoms with Gasteiger partial charge < -0.3 is 5.73 Å². The van der Waals surface area contributed by atoms with E-state index in [1.54, 1.807) is 19.9 Å². The first-order valence-corrected chi connectivity index (χ1v) is 7.20. The monoisotopic (exact) mass is 305 g/mol. The number of aryl methyl sites for hydroxylation is 2. The molecule has 0 fully saturated rings. The molecule has 0 unspecified atom stereocenters. The van der Waals surface area contributed by atoms with Gasteiger partial charge in [0, 0.05) is 34.8 Å². The van der Waals surface area contributed by atoms with Crippen LogP contribution in [-0.4, -0.2) is 19.9 Å². The smallest absolute Gasteiger partial charge is 0.278 e. The van der Waals surface area contributed by atoms with Crippen molar-refractivity contribution in [2.45, 2.75) is 31.7 Å². The lowest BCUT2D eigenvalue weighted by Crippen LogP contribution is -2.02. The fourth-order valence-electron chi connectivity index (χ4n) is 1.95. The third kappa shape index (κ3) is 3.46. The van der Waals surface area contributed by atoms with Crippen molar-refractivity contribution in [1.82, 2.24) is 15.0 Å². The number of aromatic nitrogens is 3. The van der Waals surface area contributed by atoms with E-state index in [0.29, 0.717) is 33.5 Å². The summed E-state index contributed by atoms with van der Waals surface area (Å²) in [4.78, 5) is 23.4. The number of thioether (sulfide) groups is 1. The highest BCUT2D eigenvalue weighted by Gasteiger charge is 2.18. The maximum absolute atomic E-state index is 11.1. The number of nitro groups is 1. The van der Waals surface area contributed by atoms with E-state index in [1.165, 1.54) is 18.0 Å². The average molecular weight is 305 g/mol. The first kappa shape index (κ1) is 15.2. The lowest BCUT2D eigenvalue weighted by molar-refractivity contribution is -0.386. The molecule has 0 aliphatic rings. The van der Waals surface area contributed by atoms with Crippen LogP contribution >= 0.6 is 11.8 Å². The molecular weight excluding hydrogens is 290 g/mol. The molecule has 0 amide bonds. The zero-order valence-electron chi connectivity index (χ0n) is 12.0. The Morgan fingerprint density at radius 1 is 1.33 bits per heavy atom. The van der Waals surface area contributed by atoms with E-state index < -0.39 is 0 Å². The standard InChI is InChI=1S/C13H15N5O2S/c1-7-5-15-10(9(3)12(7)18(19)20)6-21-13-16-8(2)4-11(14)17-13/h4-5H,6H2,1-3H3,(H2,14,16,17). The molecule has 2 N–H and O–H groups in total. The molecule has 0 saturated heterocycles. The Kier molecular flexibility index (Phi) is 4.37. The van der Waals surface area contributed by atoms with Crippen LogP contribution in [0.2, 0.25) is 0 Å². The van der Waals surface area contributed by atoms with Crippen LogP contribution in [0.4, 0.5) is 11.5 Å². The second-order valence-corrected chi connectivity index (χ2v) is 5.57. The highest BCUT2D eigenvalue weighted by molar-refractivity contribution is 7.98. The van der Waals surface area contributed by atoms with E-state index in [4.69, 9.17) is 5.73 Å². The first-order chi connectivity index (χ1) is 9.88. The van der Waals surface area contributed by atoms with Gasteiger partial charge in [0.15, 0.2) is 5.16 Å². The molecule has 2 heterocycles. The number of hydrogen-bond donors (Lipinski definition) is 1. The van der Waals surface area contributed by atoms with Gasteiger partial charge in [-0.3, -0.25) is 15.1 Å². The quantitative estimate of drug-likeness (QED) is 0.400. The molecule has 0 bridgehead atoms. The molecule has 2 rings (SSSR count). The van der Waals surface area contributed by atoms with Gasteiger partial charge in [0.2, 0.25) is 0 Å². The lowest BCUT2D eigenvalue weighted by Gasteiger charge is -2.07. The Balaban J connectivity index is 2.24. The third-order valence-electron chi connectivity index (χ3n) is 2.95. The summed E-state index contributed by atoms with van der Waals surface area (Å²) in [5.41, 5.74) is 8.36. The number of nitrogen functional groups attached to an aromatic ring is 1. The van der Waals surface area contributed by atoms with Crippen molar-refractivity contribution in [3.63, 3.8) is 0 Å². The van der Waals surface area contributed by atoms with Crippen LogP contribution in [0.1, 0.15) is 22.5 Å². The Labute approximate surface area is 126 Å². The highest BCUT2D eigenvalue weighted by atomic mass is 32.2. The molecule has 0 radical (unpaired) electrons. The minimum Gasteiger partial charge on any atom is -0.384 e. The third-order valence-corrected chi connectivity index (χ3v) is 3.81. The minimum absolute atomic E-state index is 0.116. The van der Waals surface area contributed by atoms with Crippen molar-refractivity contribution in [1.29, 1.82) is 0 Å². The number of anilines is 1. The van der Waals surface area contributed by atoms with Crippen LogP contribution in [0, 0.1) is 30.9 Å². The lowest BCUT2D eigenvalue weighted by atomic mass is 10.1. The maximum Gasteiger partial charge on any atom is 0.278 e. The normalized spacial score (nSPS) is 10.6. The summed E-state index contributed by atoms with van der Waals surface area (Å²) in [6, 6.07) is 1.68. The molecule has 110 valence electrons. The molecule has 8 heteroatoms. The predicted molar refractivity (Wildman–Crippen MR) is 81.1 cm³/mol. The summed E-state index contributed by atoms with van der Waals surface area (Å²) in [7, 11) is 0. The van der Waals surface area contributed by atoms with Crippen LogP contribution in [-0.2, 0) is 5.75 Å². The van der Waals surface area contributed by atoms with E-state index in [-0.39, 0.29) is 10.6 Å². The van der Waals surface area contributed by atoms with Gasteiger partial charge in [-0.1, -0.05) is 11.8 Å². The van der Waals surface area contributed by atoms with Gasteiger partial charge in [-0.15, -0.1) is 0 Å². The molecular formula is C13H15N5O2S. The van der Waals surface area contributed by atoms with Crippen LogP contribution in [0.15, 0.2) is 17.4 Å². The molecule has 21 heavy (non-hydrogen) atoms. The number of hydrogen-bond acceptors (Lipinski definition) is 7. The molecule has 0 aliphatic carbocycles. The van der Waals surface area contributed by atoms with Gasteiger partial charge in [-0.2, -0.15) is 0 Å². The summed E-state index contributed by atoms with van der Waals surface area (Å²) in [6.07, 6.45) is 1.52. The molecule has 0 aromatic carbocycles. The summed E-state index contributed by atoms with van der Waals surface area (Å²) in [5, 5.41) is 11.6. The number of pyridine rings is 1. The molecule has 7 nitrogen and oxygen atoms in total. The Hall–Kier alpha value is -2.22. The molecule has 0 saturated carbocycles. The van der Waals surface area contributed by atoms with Crippen LogP contribution in [0.25, 0.3) is 0 Å². The van der Waals surface area contributed by atoms with E-state index in [1.807, 2.05) is 6.92 Å². The Morgan fingerprint density at radius 2 is 2.05 bits per heavy atom. The van der Waals surface area contributed by atoms with E-state index in [0.717, 1.165) is 5.69 Å². The molecule has 0 atom stereocenters. The van der Waals surface area contributed by atoms with Crippen LogP contribution in [0.3, 0.4) is 0 Å². The largest absolute Gasteiger partial charge is 0.384 e. The van der Waals surface area contributed by atoms with Crippen LogP contribution < -0.4 is 5.73 Å². The zero-order chi connectivity index (χ0) is 15.6. The SMILES string of the molecule is Cc1cc(N)nc(SCc2ncc(C)c([N+](=O)[O-])c2C)n1. The number of nitrogens with zero attached hydrogens (tertiary/aromatic N) is 4. The van der Waals surface area contributed by atoms with Crippen molar-refractivity contribution < 1.29 is 4.92 Å². The first-order valence-electron chi connectivity index (χ1n) is 6.22. The van der Waals surface area contributed by atoms with Gasteiger partial charge in [0.1, 0.15) is 5.82 Å². The number of nitrogens with two attached hydrogens (primary N) is 1. The van der Waals surface area contributed by atoms with E-state index in [2.05, 4.69) is 15.0 Å². The topological polar surface area (TPSA) is 108 Å². The summed E-state index contributed by atoms with van der Waals surface area (Å²) >= 11 is 1.35. The minimum atomic E-state index is -0.373. The second kappa shape index (κ2) is 6.04. The molecule has 0 aliphatic heterocycles. The second-order valence-electron chi connectivity index (χ2n) is 4.62. The average Bonchev–Trinajstić information content (AvgIpc) is 2.36. The summed E-state index contributed by atoms with van der Waals surface area (Å²) in [5.74, 6) is 0.861. The van der Waals surface area contributed by atoms with Gasteiger partial charge in [-0.05, 0) is 20.8 Å². The van der Waals surface area contributed by atoms with Crippen molar-refractivity contribution in [3.8, 4) is 0 Å². The van der Waals surface area contributed by atoms with Crippen molar-refractivity contribution in [3.05, 3.63) is 44.9 Å². The maximum atomic E-state index is 11.1. The Bertz CT molecular complexity index is 685. The van der Waals surface area contributed by atoms with E-state index >= 15 is 0 Å². The van der Waals surface area contributed by atoms with Crippen LogP contribution in [0.5, 0.6) is 0 Å². The van der Waals surface area contributed by atoms with Gasteiger partial charge in [-0.25, -0.2) is 9.97 Å². The fraction of sp³-hybridized carbons (Fsp3) is 0.308. The molecule has 2 aromatic rings. The summed E-state index contributed by atoms with van der Waals surface area (Å²) < 4.78 is 0.